The lowest BCUT2D eigenvalue weighted by molar-refractivity contribution is -0.128. The number of Topliss-reactive ketones (excluding diaryl/α,β-unsaturated/α-hetero) is 2. The molecule has 9 aromatic carbocycles. The molecule has 13 rings (SSSR count). The molecule has 0 spiro atoms. The number of hydrogen-bond acceptors (Lipinski definition) is 10. The number of benzene rings is 9. The van der Waals surface area contributed by atoms with Crippen molar-refractivity contribution in [2.24, 2.45) is 29.6 Å². The highest BCUT2D eigenvalue weighted by molar-refractivity contribution is 14.1. The second kappa shape index (κ2) is 50.1. The summed E-state index contributed by atoms with van der Waals surface area (Å²) in [6, 6.07) is 90.1. The van der Waals surface area contributed by atoms with Crippen molar-refractivity contribution in [2.75, 3.05) is 46.8 Å². The lowest BCUT2D eigenvalue weighted by Crippen LogP contribution is -2.47. The number of allylic oxidation sites excluding steroid dienone is 3. The molecule has 113 heavy (non-hydrogen) atoms. The summed E-state index contributed by atoms with van der Waals surface area (Å²) in [6.07, 6.45) is 10.5. The standard InChI is InChI=1S/C19H21F2N.C19H21NO.C14H19NO.C12H15F2N.C12H15NO.C11H12O.C6H5I.C5H8O/c1-15-13-22(14-16-8-4-2-5-9-16)18(12-19(15,20)21)17-10-6-3-7-11-17;1-15-13-20(14-16-8-4-2-5-9-16)18(12-19(15)21)17-10-6-3-7-11-17;1-12(11-15(2)3)14(16)10-9-13-7-5-4-6-8-13;1-9-8-15-11(7-12(9,13)14)10-5-3-2-4-6-10;1-9-8-13-11(7-12(9)14)10-5-3-2-4-6-10;1-2-11(12)9-8-10-6-4-3-5-7-10;7-6-4-2-1-3-5-6;1-3-5(6)4-2/h2-11,15,18H,12-14H2,1H3;2-11,15,18H,12-14H2,1H3;4-10,12H,11H2,1-3H3;2-6,9,11,15H,7-8H2,1H3;2-6,9,11,13H,7-8H2,1H3;3-9H,2H2,1H3;1-5H;3H,1,4H2,2H3/b;;10-9+;;;9-8+;;/t2*15-,18-;;2*9-,11-;;;/m00.00.../s1. The minimum Gasteiger partial charge on any atom is -0.309 e. The van der Waals surface area contributed by atoms with Gasteiger partial charge in [-0.1, -0.05) is 328 Å². The summed E-state index contributed by atoms with van der Waals surface area (Å²) in [6.45, 7) is 21.0. The van der Waals surface area contributed by atoms with Gasteiger partial charge in [-0.25, -0.2) is 17.6 Å². The summed E-state index contributed by atoms with van der Waals surface area (Å²) >= 11 is 2.28. The third-order valence-corrected chi connectivity index (χ3v) is 20.8. The molecule has 10 nitrogen and oxygen atoms in total. The maximum Gasteiger partial charge on any atom is 0.253 e. The molecule has 0 aliphatic carbocycles. The molecule has 4 heterocycles. The van der Waals surface area contributed by atoms with Gasteiger partial charge in [0.25, 0.3) is 11.8 Å². The van der Waals surface area contributed by atoms with E-state index in [9.17, 15) is 41.5 Å². The number of nitrogens with one attached hydrogen (secondary N) is 2. The quantitative estimate of drug-likeness (QED) is 0.0488. The van der Waals surface area contributed by atoms with Gasteiger partial charge >= 0.3 is 0 Å². The average Bonchev–Trinajstić information content (AvgIpc) is 0.798. The van der Waals surface area contributed by atoms with Crippen molar-refractivity contribution >= 4 is 63.7 Å². The number of nitrogens with zero attached hydrogens (tertiary/aromatic N) is 3. The lowest BCUT2D eigenvalue weighted by atomic mass is 9.86. The molecular formula is C98H116F4IN5O5. The molecule has 0 radical (unpaired) electrons. The monoisotopic (exact) mass is 1650 g/mol. The molecule has 9 atom stereocenters. The van der Waals surface area contributed by atoms with E-state index in [1.54, 1.807) is 26.0 Å². The zero-order chi connectivity index (χ0) is 82.0. The van der Waals surface area contributed by atoms with Crippen LogP contribution >= 0.6 is 22.6 Å². The van der Waals surface area contributed by atoms with Crippen LogP contribution in [0, 0.1) is 33.2 Å². The Morgan fingerprint density at radius 2 is 0.858 bits per heavy atom. The number of carbonyl (C=O) groups excluding carboxylic acids is 5. The highest BCUT2D eigenvalue weighted by Crippen LogP contribution is 2.44. The van der Waals surface area contributed by atoms with Gasteiger partial charge < -0.3 is 15.5 Å². The van der Waals surface area contributed by atoms with E-state index in [0.717, 1.165) is 48.4 Å². The largest absolute Gasteiger partial charge is 0.309 e. The van der Waals surface area contributed by atoms with Gasteiger partial charge in [0.15, 0.2) is 17.3 Å². The minimum absolute atomic E-state index is 0.0509. The summed E-state index contributed by atoms with van der Waals surface area (Å²) in [5.41, 5.74) is 8.99. The van der Waals surface area contributed by atoms with E-state index in [1.165, 1.54) is 31.9 Å². The van der Waals surface area contributed by atoms with Crippen LogP contribution in [-0.4, -0.2) is 102 Å². The van der Waals surface area contributed by atoms with Gasteiger partial charge in [0, 0.05) is 142 Å². The number of hydrogen-bond donors (Lipinski definition) is 2. The molecule has 4 saturated heterocycles. The molecule has 598 valence electrons. The first kappa shape index (κ1) is 92.7. The normalized spacial score (nSPS) is 20.5. The Hall–Kier alpha value is -9.20. The number of alkyl halides is 4. The smallest absolute Gasteiger partial charge is 0.253 e. The third-order valence-electron chi connectivity index (χ3n) is 20.0. The number of halogens is 5. The van der Waals surface area contributed by atoms with E-state index in [2.05, 4.69) is 135 Å². The fourth-order valence-electron chi connectivity index (χ4n) is 13.0. The third kappa shape index (κ3) is 34.2. The van der Waals surface area contributed by atoms with Crippen LogP contribution < -0.4 is 10.6 Å². The maximum atomic E-state index is 14.2. The first-order valence-corrected chi connectivity index (χ1v) is 40.4. The zero-order valence-corrected chi connectivity index (χ0v) is 69.4. The summed E-state index contributed by atoms with van der Waals surface area (Å²) < 4.78 is 56.7. The van der Waals surface area contributed by atoms with Crippen LogP contribution in [0.3, 0.4) is 0 Å². The summed E-state index contributed by atoms with van der Waals surface area (Å²) in [4.78, 5) is 63.0. The topological polar surface area (TPSA) is 119 Å². The van der Waals surface area contributed by atoms with Crippen LogP contribution in [0.1, 0.15) is 156 Å². The molecule has 4 aliphatic heterocycles. The lowest BCUT2D eigenvalue weighted by Gasteiger charge is -2.43. The van der Waals surface area contributed by atoms with Gasteiger partial charge in [-0.05, 0) is 112 Å². The van der Waals surface area contributed by atoms with Crippen LogP contribution in [0.5, 0.6) is 0 Å². The second-order valence-corrected chi connectivity index (χ2v) is 30.7. The fourth-order valence-corrected chi connectivity index (χ4v) is 13.4. The summed E-state index contributed by atoms with van der Waals surface area (Å²) in [5.74, 6) is -4.77. The Labute approximate surface area is 684 Å². The minimum atomic E-state index is -2.60. The van der Waals surface area contributed by atoms with Crippen LogP contribution in [-0.2, 0) is 37.1 Å². The van der Waals surface area contributed by atoms with Gasteiger partial charge in [-0.2, -0.15) is 0 Å². The van der Waals surface area contributed by atoms with Gasteiger partial charge in [0.05, 0.1) is 0 Å². The van der Waals surface area contributed by atoms with Crippen LogP contribution in [0.25, 0.3) is 12.2 Å². The number of likely N-dealkylation sites (tertiary alicyclic amines) is 2. The van der Waals surface area contributed by atoms with Crippen molar-refractivity contribution < 1.29 is 41.5 Å². The van der Waals surface area contributed by atoms with Crippen molar-refractivity contribution in [1.29, 1.82) is 0 Å². The Morgan fingerprint density at radius 1 is 0.478 bits per heavy atom. The van der Waals surface area contributed by atoms with Crippen molar-refractivity contribution in [3.63, 3.8) is 0 Å². The number of carbonyl (C=O) groups is 5. The van der Waals surface area contributed by atoms with Crippen LogP contribution in [0.15, 0.2) is 298 Å². The number of piperidine rings is 4. The maximum absolute atomic E-state index is 14.2. The molecule has 0 saturated carbocycles. The molecule has 2 N–H and O–H groups in total. The van der Waals surface area contributed by atoms with Crippen LogP contribution in [0.4, 0.5) is 17.6 Å². The van der Waals surface area contributed by atoms with Crippen LogP contribution in [0.2, 0.25) is 0 Å². The second-order valence-electron chi connectivity index (χ2n) is 29.5. The summed E-state index contributed by atoms with van der Waals surface area (Å²) in [5, 5.41) is 6.56. The van der Waals surface area contributed by atoms with E-state index in [4.69, 9.17) is 0 Å². The van der Waals surface area contributed by atoms with Crippen molar-refractivity contribution in [3.05, 3.63) is 346 Å². The highest BCUT2D eigenvalue weighted by atomic mass is 127. The molecule has 15 heteroatoms. The van der Waals surface area contributed by atoms with E-state index in [1.807, 2.05) is 254 Å². The van der Waals surface area contributed by atoms with Gasteiger partial charge in [-0.15, -0.1) is 0 Å². The molecule has 1 unspecified atom stereocenters. The Morgan fingerprint density at radius 3 is 1.27 bits per heavy atom. The number of rotatable bonds is 18. The number of ketones is 5. The summed E-state index contributed by atoms with van der Waals surface area (Å²) in [7, 11) is 3.95. The molecule has 0 amide bonds. The Balaban J connectivity index is 0.000000207. The molecule has 4 aliphatic rings. The SMILES string of the molecule is C=CC(=O)CC.CC(CN(C)C)C(=O)/C=C/c1ccccc1.CCC(=O)/C=C/c1ccccc1.C[C@H]1CN(Cc2ccccc2)[C@H](c2ccccc2)CC1(F)F.C[C@H]1CN(Cc2ccccc2)[C@H](c2ccccc2)CC1=O.C[C@H]1CN[C@H](c2ccccc2)CC1(F)F.C[C@H]1CN[C@H](c2ccccc2)CC1=O.Ic1ccccc1. The van der Waals surface area contributed by atoms with E-state index >= 15 is 0 Å². The van der Waals surface area contributed by atoms with Crippen molar-refractivity contribution in [2.45, 2.75) is 136 Å². The predicted molar refractivity (Wildman–Crippen MR) is 465 cm³/mol. The highest BCUT2D eigenvalue weighted by Gasteiger charge is 2.46. The zero-order valence-electron chi connectivity index (χ0n) is 67.2. The van der Waals surface area contributed by atoms with E-state index in [-0.39, 0.29) is 72.1 Å². The predicted octanol–water partition coefficient (Wildman–Crippen LogP) is 22.3. The van der Waals surface area contributed by atoms with Gasteiger partial charge in [0.1, 0.15) is 11.6 Å². The Bertz CT molecular complexity index is 4250. The van der Waals surface area contributed by atoms with Gasteiger partial charge in [0.2, 0.25) is 0 Å². The van der Waals surface area contributed by atoms with Crippen molar-refractivity contribution in [1.82, 2.24) is 25.3 Å². The Kier molecular flexibility index (Phi) is 41.1. The molecule has 9 aromatic rings. The molecule has 0 bridgehead atoms. The first-order valence-electron chi connectivity index (χ1n) is 39.4. The van der Waals surface area contributed by atoms with E-state index < -0.39 is 23.7 Å². The molecule has 4 fully saturated rings. The van der Waals surface area contributed by atoms with Gasteiger partial charge in [-0.3, -0.25) is 33.8 Å². The first-order chi connectivity index (χ1) is 54.3. The van der Waals surface area contributed by atoms with E-state index in [0.29, 0.717) is 56.9 Å². The molecular weight excluding hydrogens is 1530 g/mol. The fraction of sp³-hybridized carbons (Fsp3) is 0.337. The van der Waals surface area contributed by atoms with Crippen molar-refractivity contribution in [3.8, 4) is 0 Å². The molecule has 0 aromatic heterocycles. The average molecular weight is 1650 g/mol.